The van der Waals surface area contributed by atoms with Gasteiger partial charge in [0.05, 0.1) is 0 Å². The first-order chi connectivity index (χ1) is 8.61. The highest BCUT2D eigenvalue weighted by Gasteiger charge is 2.21. The zero-order valence-electron chi connectivity index (χ0n) is 10.3. The largest absolute Gasteiger partial charge is 0.316 e. The van der Waals surface area contributed by atoms with Crippen molar-refractivity contribution in [2.75, 3.05) is 20.1 Å². The Morgan fingerprint density at radius 2 is 2.22 bits per heavy atom. The molecule has 1 aromatic rings. The lowest BCUT2D eigenvalue weighted by Gasteiger charge is -2.32. The minimum absolute atomic E-state index is 0.193. The summed E-state index contributed by atoms with van der Waals surface area (Å²) < 4.78 is 28.1. The maximum absolute atomic E-state index is 13.9. The fourth-order valence-electron chi connectivity index (χ4n) is 2.37. The number of hydrogen-bond donors (Lipinski definition) is 1. The van der Waals surface area contributed by atoms with Crippen molar-refractivity contribution in [3.05, 3.63) is 32.9 Å². The third kappa shape index (κ3) is 3.19. The van der Waals surface area contributed by atoms with Crippen molar-refractivity contribution in [2.24, 2.45) is 0 Å². The molecule has 0 saturated carbocycles. The highest BCUT2D eigenvalue weighted by atomic mass is 127. The van der Waals surface area contributed by atoms with Crippen LogP contribution in [-0.4, -0.2) is 31.1 Å². The molecule has 1 aliphatic heterocycles. The first-order valence-electron chi connectivity index (χ1n) is 6.14. The van der Waals surface area contributed by atoms with E-state index in [1.165, 1.54) is 12.1 Å². The molecule has 1 saturated heterocycles. The Kier molecular flexibility index (Phi) is 4.91. The van der Waals surface area contributed by atoms with Gasteiger partial charge in [-0.15, -0.1) is 0 Å². The second-order valence-corrected chi connectivity index (χ2v) is 5.85. The Hall–Kier alpha value is -0.270. The average molecular weight is 366 g/mol. The van der Waals surface area contributed by atoms with Crippen molar-refractivity contribution in [2.45, 2.75) is 25.4 Å². The summed E-state index contributed by atoms with van der Waals surface area (Å²) in [6.45, 7) is 2.11. The molecule has 18 heavy (non-hydrogen) atoms. The van der Waals surface area contributed by atoms with Gasteiger partial charge >= 0.3 is 0 Å². The summed E-state index contributed by atoms with van der Waals surface area (Å²) in [5, 5.41) is 3.23. The summed E-state index contributed by atoms with van der Waals surface area (Å²) in [6, 6.07) is 3.24. The molecule has 1 aromatic carbocycles. The fourth-order valence-corrected chi connectivity index (χ4v) is 2.88. The van der Waals surface area contributed by atoms with Crippen molar-refractivity contribution in [3.8, 4) is 0 Å². The Labute approximate surface area is 120 Å². The van der Waals surface area contributed by atoms with Crippen LogP contribution in [0.3, 0.4) is 0 Å². The zero-order valence-corrected chi connectivity index (χ0v) is 12.5. The number of halogens is 3. The number of nitrogens with one attached hydrogen (secondary N) is 1. The second kappa shape index (κ2) is 6.25. The zero-order chi connectivity index (χ0) is 13.1. The molecule has 0 aliphatic carbocycles. The summed E-state index contributed by atoms with van der Waals surface area (Å²) in [6.07, 6.45) is 2.20. The van der Waals surface area contributed by atoms with Crippen LogP contribution in [0.4, 0.5) is 8.78 Å². The molecule has 100 valence electrons. The minimum atomic E-state index is -0.445. The van der Waals surface area contributed by atoms with E-state index in [1.54, 1.807) is 0 Å². The van der Waals surface area contributed by atoms with Crippen molar-refractivity contribution < 1.29 is 8.78 Å². The van der Waals surface area contributed by atoms with Gasteiger partial charge in [-0.05, 0) is 61.2 Å². The lowest BCUT2D eigenvalue weighted by molar-refractivity contribution is 0.183. The predicted molar refractivity (Wildman–Crippen MR) is 76.4 cm³/mol. The van der Waals surface area contributed by atoms with Gasteiger partial charge in [0.1, 0.15) is 11.6 Å². The van der Waals surface area contributed by atoms with Crippen LogP contribution < -0.4 is 5.32 Å². The SMILES string of the molecule is CNC1CCCN(Cc2c(F)ccc(I)c2F)C1. The van der Waals surface area contributed by atoms with E-state index in [2.05, 4.69) is 10.2 Å². The molecule has 1 unspecified atom stereocenters. The van der Waals surface area contributed by atoms with E-state index in [1.807, 2.05) is 29.6 Å². The predicted octanol–water partition coefficient (Wildman–Crippen LogP) is 2.75. The monoisotopic (exact) mass is 366 g/mol. The van der Waals surface area contributed by atoms with Crippen LogP contribution in [0.25, 0.3) is 0 Å². The van der Waals surface area contributed by atoms with Crippen LogP contribution >= 0.6 is 22.6 Å². The molecule has 1 fully saturated rings. The van der Waals surface area contributed by atoms with Crippen LogP contribution in [0.15, 0.2) is 12.1 Å². The summed E-state index contributed by atoms with van der Waals surface area (Å²) >= 11 is 1.90. The Balaban J connectivity index is 2.11. The van der Waals surface area contributed by atoms with Gasteiger partial charge in [-0.3, -0.25) is 4.90 Å². The van der Waals surface area contributed by atoms with E-state index in [4.69, 9.17) is 0 Å². The number of nitrogens with zero attached hydrogens (tertiary/aromatic N) is 1. The quantitative estimate of drug-likeness (QED) is 0.654. The molecule has 0 bridgehead atoms. The molecule has 0 spiro atoms. The Bertz CT molecular complexity index is 426. The highest BCUT2D eigenvalue weighted by molar-refractivity contribution is 14.1. The normalized spacial score (nSPS) is 21.2. The molecular formula is C13H17F2IN2. The molecule has 2 nitrogen and oxygen atoms in total. The van der Waals surface area contributed by atoms with Gasteiger partial charge in [0, 0.05) is 28.3 Å². The van der Waals surface area contributed by atoms with Crippen molar-refractivity contribution in [1.29, 1.82) is 0 Å². The van der Waals surface area contributed by atoms with Gasteiger partial charge in [-0.2, -0.15) is 0 Å². The summed E-state index contributed by atoms with van der Waals surface area (Å²) in [5.41, 5.74) is 0.193. The van der Waals surface area contributed by atoms with Gasteiger partial charge < -0.3 is 5.32 Å². The first kappa shape index (κ1) is 14.1. The molecule has 1 N–H and O–H groups in total. The molecule has 2 rings (SSSR count). The standard InChI is InChI=1S/C13H17F2IN2/c1-17-9-3-2-6-18(7-9)8-10-11(14)4-5-12(16)13(10)15/h4-5,9,17H,2-3,6-8H2,1H3. The third-order valence-electron chi connectivity index (χ3n) is 3.43. The lowest BCUT2D eigenvalue weighted by atomic mass is 10.0. The van der Waals surface area contributed by atoms with Gasteiger partial charge in [-0.1, -0.05) is 0 Å². The summed E-state index contributed by atoms with van der Waals surface area (Å²) in [7, 11) is 1.93. The van der Waals surface area contributed by atoms with Crippen LogP contribution in [0.1, 0.15) is 18.4 Å². The highest BCUT2D eigenvalue weighted by Crippen LogP contribution is 2.21. The smallest absolute Gasteiger partial charge is 0.143 e. The Morgan fingerprint density at radius 3 is 2.94 bits per heavy atom. The molecular weight excluding hydrogens is 349 g/mol. The fraction of sp³-hybridized carbons (Fsp3) is 0.538. The first-order valence-corrected chi connectivity index (χ1v) is 7.21. The van der Waals surface area contributed by atoms with Crippen LogP contribution in [0.5, 0.6) is 0 Å². The molecule has 1 heterocycles. The van der Waals surface area contributed by atoms with Gasteiger partial charge in [-0.25, -0.2) is 8.78 Å². The molecule has 5 heteroatoms. The van der Waals surface area contributed by atoms with Crippen molar-refractivity contribution >= 4 is 22.6 Å². The molecule has 0 radical (unpaired) electrons. The summed E-state index contributed by atoms with van der Waals surface area (Å²) in [5.74, 6) is -0.860. The topological polar surface area (TPSA) is 15.3 Å². The number of piperidine rings is 1. The van der Waals surface area contributed by atoms with Crippen LogP contribution in [0.2, 0.25) is 0 Å². The third-order valence-corrected chi connectivity index (χ3v) is 4.27. The number of likely N-dealkylation sites (N-methyl/N-ethyl adjacent to an activating group) is 1. The number of rotatable bonds is 3. The maximum Gasteiger partial charge on any atom is 0.143 e. The van der Waals surface area contributed by atoms with E-state index < -0.39 is 11.6 Å². The van der Waals surface area contributed by atoms with Crippen LogP contribution in [0, 0.1) is 15.2 Å². The molecule has 0 amide bonds. The molecule has 1 atom stereocenters. The minimum Gasteiger partial charge on any atom is -0.316 e. The summed E-state index contributed by atoms with van der Waals surface area (Å²) in [4.78, 5) is 2.11. The van der Waals surface area contributed by atoms with E-state index in [-0.39, 0.29) is 5.56 Å². The number of likely N-dealkylation sites (tertiary alicyclic amines) is 1. The van der Waals surface area contributed by atoms with E-state index in [0.29, 0.717) is 16.2 Å². The molecule has 1 aliphatic rings. The van der Waals surface area contributed by atoms with E-state index in [0.717, 1.165) is 25.9 Å². The number of benzene rings is 1. The molecule has 0 aromatic heterocycles. The van der Waals surface area contributed by atoms with Gasteiger partial charge in [0.15, 0.2) is 0 Å². The van der Waals surface area contributed by atoms with Gasteiger partial charge in [0.2, 0.25) is 0 Å². The van der Waals surface area contributed by atoms with Crippen molar-refractivity contribution in [3.63, 3.8) is 0 Å². The van der Waals surface area contributed by atoms with Gasteiger partial charge in [0.25, 0.3) is 0 Å². The second-order valence-electron chi connectivity index (χ2n) is 4.68. The maximum atomic E-state index is 13.9. The van der Waals surface area contributed by atoms with E-state index in [9.17, 15) is 8.78 Å². The van der Waals surface area contributed by atoms with E-state index >= 15 is 0 Å². The van der Waals surface area contributed by atoms with Crippen molar-refractivity contribution in [1.82, 2.24) is 10.2 Å². The number of hydrogen-bond acceptors (Lipinski definition) is 2. The lowest BCUT2D eigenvalue weighted by Crippen LogP contribution is -2.44. The van der Waals surface area contributed by atoms with Crippen LogP contribution in [-0.2, 0) is 6.54 Å². The Morgan fingerprint density at radius 1 is 1.44 bits per heavy atom. The average Bonchev–Trinajstić information content (AvgIpc) is 2.39.